The molecule has 1 aliphatic heterocycles. The SMILES string of the molecule is CCN1C=CN(C)C1.FC(F)F.FC(F)F. The second-order valence-corrected chi connectivity index (χ2v) is 2.60. The molecule has 1 rings (SSSR count). The van der Waals surface area contributed by atoms with Crippen LogP contribution in [0.15, 0.2) is 12.4 Å². The fourth-order valence-corrected chi connectivity index (χ4v) is 0.794. The molecule has 0 aromatic carbocycles. The minimum atomic E-state index is -3.67. The number of hydrogen-bond donors (Lipinski definition) is 0. The summed E-state index contributed by atoms with van der Waals surface area (Å²) in [6, 6.07) is 0. The van der Waals surface area contributed by atoms with Crippen molar-refractivity contribution in [3.63, 3.8) is 0 Å². The van der Waals surface area contributed by atoms with Crippen LogP contribution in [0.5, 0.6) is 0 Å². The molecular formula is C8H14F6N2. The van der Waals surface area contributed by atoms with Crippen molar-refractivity contribution in [3.05, 3.63) is 12.4 Å². The van der Waals surface area contributed by atoms with E-state index in [1.807, 2.05) is 0 Å². The molecule has 8 heteroatoms. The Morgan fingerprint density at radius 2 is 1.38 bits per heavy atom. The van der Waals surface area contributed by atoms with Gasteiger partial charge < -0.3 is 9.80 Å². The van der Waals surface area contributed by atoms with Gasteiger partial charge in [-0.1, -0.05) is 0 Å². The fourth-order valence-electron chi connectivity index (χ4n) is 0.794. The minimum Gasteiger partial charge on any atom is -0.362 e. The van der Waals surface area contributed by atoms with Crippen LogP contribution in [0, 0.1) is 0 Å². The Morgan fingerprint density at radius 3 is 1.50 bits per heavy atom. The number of nitrogens with zero attached hydrogens (tertiary/aromatic N) is 2. The second-order valence-electron chi connectivity index (χ2n) is 2.60. The van der Waals surface area contributed by atoms with E-state index in [9.17, 15) is 26.3 Å². The van der Waals surface area contributed by atoms with Crippen molar-refractivity contribution < 1.29 is 26.3 Å². The molecule has 0 unspecified atom stereocenters. The zero-order valence-electron chi connectivity index (χ0n) is 8.89. The maximum Gasteiger partial charge on any atom is 0.379 e. The van der Waals surface area contributed by atoms with E-state index in [0.29, 0.717) is 0 Å². The van der Waals surface area contributed by atoms with E-state index in [1.54, 1.807) is 0 Å². The molecule has 0 fully saturated rings. The molecule has 1 heterocycles. The highest BCUT2D eigenvalue weighted by Crippen LogP contribution is 2.00. The summed E-state index contributed by atoms with van der Waals surface area (Å²) >= 11 is 0. The van der Waals surface area contributed by atoms with Gasteiger partial charge in [0.1, 0.15) is 0 Å². The first kappa shape index (κ1) is 17.3. The predicted octanol–water partition coefficient (Wildman–Crippen LogP) is 3.04. The lowest BCUT2D eigenvalue weighted by Gasteiger charge is -2.14. The van der Waals surface area contributed by atoms with Crippen molar-refractivity contribution >= 4 is 0 Å². The van der Waals surface area contributed by atoms with Crippen LogP contribution in [0.2, 0.25) is 0 Å². The van der Waals surface area contributed by atoms with Gasteiger partial charge in [0, 0.05) is 26.0 Å². The number of halogens is 6. The van der Waals surface area contributed by atoms with Crippen LogP contribution in [-0.4, -0.2) is 43.4 Å². The Morgan fingerprint density at radius 1 is 1.00 bits per heavy atom. The van der Waals surface area contributed by atoms with Gasteiger partial charge in [0.2, 0.25) is 0 Å². The minimum absolute atomic E-state index is 1.05. The standard InChI is InChI=1S/C6H12N2.2CHF3/c1-3-8-5-4-7(2)6-8;2*2-1(3)4/h4-5H,3,6H2,1-2H3;2*1H. The highest BCUT2D eigenvalue weighted by atomic mass is 19.4. The largest absolute Gasteiger partial charge is 0.379 e. The molecule has 1 aliphatic rings. The molecule has 2 nitrogen and oxygen atoms in total. The molecular weight excluding hydrogens is 238 g/mol. The molecule has 0 aliphatic carbocycles. The van der Waals surface area contributed by atoms with Crippen molar-refractivity contribution in [1.82, 2.24) is 9.80 Å². The Hall–Kier alpha value is -1.08. The molecule has 0 aromatic rings. The summed E-state index contributed by atoms with van der Waals surface area (Å²) in [4.78, 5) is 4.41. The quantitative estimate of drug-likeness (QED) is 0.662. The third-order valence-corrected chi connectivity index (χ3v) is 1.34. The molecule has 0 saturated heterocycles. The Bertz CT molecular complexity index is 164. The van der Waals surface area contributed by atoms with Crippen LogP contribution in [0.4, 0.5) is 26.3 Å². The molecule has 0 radical (unpaired) electrons. The number of hydrogen-bond acceptors (Lipinski definition) is 2. The summed E-state index contributed by atoms with van der Waals surface area (Å²) in [6.45, 7) is -3.01. The van der Waals surface area contributed by atoms with Gasteiger partial charge >= 0.3 is 13.4 Å². The van der Waals surface area contributed by atoms with Crippen LogP contribution >= 0.6 is 0 Å². The Balaban J connectivity index is 0. The van der Waals surface area contributed by atoms with Gasteiger partial charge in [0.05, 0.1) is 6.67 Å². The summed E-state index contributed by atoms with van der Waals surface area (Å²) in [7, 11) is 2.08. The molecule has 16 heavy (non-hydrogen) atoms. The summed E-state index contributed by atoms with van der Waals surface area (Å²) in [5.74, 6) is 0. The summed E-state index contributed by atoms with van der Waals surface area (Å²) in [5, 5.41) is 0. The maximum absolute atomic E-state index is 9.67. The molecule has 0 N–H and O–H groups in total. The van der Waals surface area contributed by atoms with Crippen molar-refractivity contribution in [2.45, 2.75) is 20.3 Å². The molecule has 0 spiro atoms. The van der Waals surface area contributed by atoms with Gasteiger partial charge in [-0.2, -0.15) is 26.3 Å². The molecule has 0 amide bonds. The second kappa shape index (κ2) is 10.4. The van der Waals surface area contributed by atoms with Crippen LogP contribution in [0.3, 0.4) is 0 Å². The number of rotatable bonds is 1. The normalized spacial score (nSPS) is 13.6. The van der Waals surface area contributed by atoms with E-state index in [2.05, 4.69) is 36.2 Å². The lowest BCUT2D eigenvalue weighted by molar-refractivity contribution is 0.00734. The summed E-state index contributed by atoms with van der Waals surface area (Å²) < 4.78 is 58.0. The van der Waals surface area contributed by atoms with E-state index in [-0.39, 0.29) is 0 Å². The zero-order valence-corrected chi connectivity index (χ0v) is 8.89. The van der Waals surface area contributed by atoms with Crippen LogP contribution in [0.25, 0.3) is 0 Å². The van der Waals surface area contributed by atoms with E-state index in [0.717, 1.165) is 13.2 Å². The maximum atomic E-state index is 9.67. The first-order chi connectivity index (χ1) is 7.29. The molecule has 98 valence electrons. The fraction of sp³-hybridized carbons (Fsp3) is 0.750. The van der Waals surface area contributed by atoms with Crippen molar-refractivity contribution in [3.8, 4) is 0 Å². The Kier molecular flexibility index (Phi) is 11.3. The Labute approximate surface area is 90.1 Å². The van der Waals surface area contributed by atoms with Crippen molar-refractivity contribution in [2.24, 2.45) is 0 Å². The highest BCUT2D eigenvalue weighted by Gasteiger charge is 2.03. The average molecular weight is 252 g/mol. The topological polar surface area (TPSA) is 6.48 Å². The molecule has 0 saturated carbocycles. The first-order valence-corrected chi connectivity index (χ1v) is 4.26. The molecule has 0 atom stereocenters. The summed E-state index contributed by atoms with van der Waals surface area (Å²) in [6.07, 6.45) is 4.20. The highest BCUT2D eigenvalue weighted by molar-refractivity contribution is 4.87. The predicted molar refractivity (Wildman–Crippen MR) is 48.4 cm³/mol. The van der Waals surface area contributed by atoms with Gasteiger partial charge in [-0.15, -0.1) is 0 Å². The monoisotopic (exact) mass is 252 g/mol. The van der Waals surface area contributed by atoms with E-state index >= 15 is 0 Å². The van der Waals surface area contributed by atoms with Gasteiger partial charge in [-0.25, -0.2) is 0 Å². The van der Waals surface area contributed by atoms with E-state index in [1.165, 1.54) is 0 Å². The van der Waals surface area contributed by atoms with Crippen molar-refractivity contribution in [2.75, 3.05) is 20.3 Å². The van der Waals surface area contributed by atoms with Crippen LogP contribution in [-0.2, 0) is 0 Å². The third kappa shape index (κ3) is 18.7. The molecule has 0 aromatic heterocycles. The van der Waals surface area contributed by atoms with Gasteiger partial charge in [0.15, 0.2) is 0 Å². The first-order valence-electron chi connectivity index (χ1n) is 4.26. The lowest BCUT2D eigenvalue weighted by Crippen LogP contribution is -2.21. The smallest absolute Gasteiger partial charge is 0.362 e. The lowest BCUT2D eigenvalue weighted by atomic mass is 10.6. The average Bonchev–Trinajstić information content (AvgIpc) is 2.49. The molecule has 0 bridgehead atoms. The van der Waals surface area contributed by atoms with Gasteiger partial charge in [-0.3, -0.25) is 0 Å². The third-order valence-electron chi connectivity index (χ3n) is 1.34. The van der Waals surface area contributed by atoms with E-state index in [4.69, 9.17) is 0 Å². The van der Waals surface area contributed by atoms with E-state index < -0.39 is 13.4 Å². The van der Waals surface area contributed by atoms with Crippen LogP contribution in [0.1, 0.15) is 6.92 Å². The zero-order chi connectivity index (χ0) is 13.1. The number of alkyl halides is 6. The summed E-state index contributed by atoms with van der Waals surface area (Å²) in [5.41, 5.74) is 0. The van der Waals surface area contributed by atoms with Gasteiger partial charge in [-0.05, 0) is 6.92 Å². The van der Waals surface area contributed by atoms with Crippen LogP contribution < -0.4 is 0 Å². The van der Waals surface area contributed by atoms with Crippen molar-refractivity contribution in [1.29, 1.82) is 0 Å². The van der Waals surface area contributed by atoms with Gasteiger partial charge in [0.25, 0.3) is 0 Å².